The molecule has 3 aliphatic rings. The predicted molar refractivity (Wildman–Crippen MR) is 118 cm³/mol. The van der Waals surface area contributed by atoms with Crippen LogP contribution in [0.5, 0.6) is 5.75 Å². The maximum atomic E-state index is 5.48. The summed E-state index contributed by atoms with van der Waals surface area (Å²) in [7, 11) is 1.72. The van der Waals surface area contributed by atoms with Gasteiger partial charge in [0.1, 0.15) is 5.75 Å². The molecule has 0 aliphatic carbocycles. The minimum atomic E-state index is 0. The second-order valence-corrected chi connectivity index (χ2v) is 6.88. The molecule has 1 atom stereocenters. The second-order valence-electron chi connectivity index (χ2n) is 6.88. The Morgan fingerprint density at radius 1 is 1.23 bits per heavy atom. The highest BCUT2D eigenvalue weighted by atomic mass is 127. The highest BCUT2D eigenvalue weighted by Crippen LogP contribution is 2.20. The van der Waals surface area contributed by atoms with Crippen LogP contribution in [0, 0.1) is 6.92 Å². The fourth-order valence-electron chi connectivity index (χ4n) is 3.62. The number of fused-ring (bicyclic) bond motifs is 3. The summed E-state index contributed by atoms with van der Waals surface area (Å²) in [5, 5.41) is 6.88. The molecule has 0 aromatic heterocycles. The monoisotopic (exact) mass is 473 g/mol. The fraction of sp³-hybridized carbons (Fsp3) is 0.632. The van der Waals surface area contributed by atoms with Gasteiger partial charge in [-0.2, -0.15) is 0 Å². The first-order chi connectivity index (χ1) is 12.2. The summed E-state index contributed by atoms with van der Waals surface area (Å²) in [4.78, 5) is 9.91. The number of hydrogen-bond donors (Lipinski definition) is 2. The molecule has 6 nitrogen and oxygen atoms in total. The van der Waals surface area contributed by atoms with Crippen LogP contribution in [0.15, 0.2) is 23.2 Å². The number of halogens is 1. The first kappa shape index (κ1) is 21.2. The molecule has 26 heavy (non-hydrogen) atoms. The third-order valence-electron chi connectivity index (χ3n) is 5.09. The van der Waals surface area contributed by atoms with E-state index in [1.165, 1.54) is 31.7 Å². The number of methoxy groups -OCH3 is 1. The third kappa shape index (κ3) is 5.47. The van der Waals surface area contributed by atoms with Gasteiger partial charge in [-0.3, -0.25) is 9.80 Å². The van der Waals surface area contributed by atoms with Gasteiger partial charge >= 0.3 is 0 Å². The zero-order valence-corrected chi connectivity index (χ0v) is 18.5. The number of benzene rings is 1. The highest BCUT2D eigenvalue weighted by Gasteiger charge is 2.31. The zero-order valence-electron chi connectivity index (χ0n) is 16.1. The lowest BCUT2D eigenvalue weighted by atomic mass is 10.1. The van der Waals surface area contributed by atoms with Gasteiger partial charge in [0.2, 0.25) is 0 Å². The Labute approximate surface area is 174 Å². The van der Waals surface area contributed by atoms with Crippen molar-refractivity contribution in [1.82, 2.24) is 20.4 Å². The van der Waals surface area contributed by atoms with Gasteiger partial charge in [0, 0.05) is 57.4 Å². The van der Waals surface area contributed by atoms with E-state index in [0.29, 0.717) is 12.6 Å². The van der Waals surface area contributed by atoms with Crippen molar-refractivity contribution in [3.05, 3.63) is 29.3 Å². The molecular formula is C19H32IN5O. The van der Waals surface area contributed by atoms with E-state index in [0.717, 1.165) is 36.9 Å². The van der Waals surface area contributed by atoms with E-state index in [-0.39, 0.29) is 24.0 Å². The lowest BCUT2D eigenvalue weighted by Gasteiger charge is -2.47. The van der Waals surface area contributed by atoms with Crippen LogP contribution in [0.25, 0.3) is 0 Å². The van der Waals surface area contributed by atoms with Crippen molar-refractivity contribution in [3.63, 3.8) is 0 Å². The molecule has 1 aromatic carbocycles. The number of piperazine rings is 3. The molecule has 3 saturated heterocycles. The largest absolute Gasteiger partial charge is 0.496 e. The van der Waals surface area contributed by atoms with Gasteiger partial charge in [0.05, 0.1) is 13.7 Å². The molecule has 0 spiro atoms. The zero-order chi connectivity index (χ0) is 17.6. The first-order valence-electron chi connectivity index (χ1n) is 9.31. The Kier molecular flexibility index (Phi) is 8.43. The number of hydrogen-bond acceptors (Lipinski definition) is 4. The summed E-state index contributed by atoms with van der Waals surface area (Å²) in [6.45, 7) is 12.6. The Morgan fingerprint density at radius 2 is 2.00 bits per heavy atom. The minimum Gasteiger partial charge on any atom is -0.496 e. The highest BCUT2D eigenvalue weighted by molar-refractivity contribution is 14.0. The molecule has 146 valence electrons. The van der Waals surface area contributed by atoms with Gasteiger partial charge in [-0.25, -0.2) is 4.99 Å². The molecule has 0 radical (unpaired) electrons. The van der Waals surface area contributed by atoms with Crippen LogP contribution >= 0.6 is 24.0 Å². The first-order valence-corrected chi connectivity index (χ1v) is 9.31. The summed E-state index contributed by atoms with van der Waals surface area (Å²) >= 11 is 0. The van der Waals surface area contributed by atoms with Crippen LogP contribution in [-0.4, -0.2) is 74.7 Å². The lowest BCUT2D eigenvalue weighted by molar-refractivity contribution is 0.0154. The van der Waals surface area contributed by atoms with Gasteiger partial charge in [0.15, 0.2) is 5.96 Å². The molecule has 7 heteroatoms. The van der Waals surface area contributed by atoms with Crippen LogP contribution < -0.4 is 15.4 Å². The third-order valence-corrected chi connectivity index (χ3v) is 5.09. The van der Waals surface area contributed by atoms with E-state index >= 15 is 0 Å². The van der Waals surface area contributed by atoms with Crippen LogP contribution in [0.3, 0.4) is 0 Å². The summed E-state index contributed by atoms with van der Waals surface area (Å²) < 4.78 is 5.48. The van der Waals surface area contributed by atoms with Crippen molar-refractivity contribution in [2.75, 3.05) is 52.9 Å². The van der Waals surface area contributed by atoms with Gasteiger partial charge in [-0.05, 0) is 25.5 Å². The molecule has 1 unspecified atom stereocenters. The molecule has 0 amide bonds. The molecular weight excluding hydrogens is 441 g/mol. The van der Waals surface area contributed by atoms with Crippen LogP contribution in [-0.2, 0) is 6.54 Å². The number of guanidine groups is 1. The van der Waals surface area contributed by atoms with Crippen LogP contribution in [0.4, 0.5) is 0 Å². The minimum absolute atomic E-state index is 0. The topological polar surface area (TPSA) is 52.1 Å². The smallest absolute Gasteiger partial charge is 0.191 e. The molecule has 0 saturated carbocycles. The number of aliphatic imine (C=N–C) groups is 1. The maximum Gasteiger partial charge on any atom is 0.191 e. The van der Waals surface area contributed by atoms with E-state index in [1.54, 1.807) is 7.11 Å². The average molecular weight is 473 g/mol. The Balaban J connectivity index is 0.00000243. The molecule has 2 N–H and O–H groups in total. The van der Waals surface area contributed by atoms with E-state index < -0.39 is 0 Å². The Morgan fingerprint density at radius 3 is 2.62 bits per heavy atom. The number of aryl methyl sites for hydroxylation is 1. The van der Waals surface area contributed by atoms with Crippen LogP contribution in [0.1, 0.15) is 18.1 Å². The fourth-order valence-corrected chi connectivity index (χ4v) is 3.62. The molecule has 3 aliphatic heterocycles. The second kappa shape index (κ2) is 10.3. The van der Waals surface area contributed by atoms with E-state index in [4.69, 9.17) is 9.73 Å². The summed E-state index contributed by atoms with van der Waals surface area (Å²) in [6, 6.07) is 6.85. The standard InChI is InChI=1S/C19H31N5O.HI/c1-4-20-19(21-12-16-6-5-15(2)11-18(16)25-3)22-13-17-14-23-7-9-24(17)10-8-23;/h5-6,11,17H,4,7-10,12-14H2,1-3H3,(H2,20,21,22);1H. The van der Waals surface area contributed by atoms with Gasteiger partial charge < -0.3 is 15.4 Å². The van der Waals surface area contributed by atoms with E-state index in [1.807, 2.05) is 0 Å². The van der Waals surface area contributed by atoms with Gasteiger partial charge in [0.25, 0.3) is 0 Å². The van der Waals surface area contributed by atoms with Crippen molar-refractivity contribution in [1.29, 1.82) is 0 Å². The van der Waals surface area contributed by atoms with Crippen LogP contribution in [0.2, 0.25) is 0 Å². The summed E-state index contributed by atoms with van der Waals surface area (Å²) in [5.74, 6) is 1.78. The van der Waals surface area contributed by atoms with E-state index in [2.05, 4.69) is 52.5 Å². The summed E-state index contributed by atoms with van der Waals surface area (Å²) in [6.07, 6.45) is 0. The molecule has 4 rings (SSSR count). The quantitative estimate of drug-likeness (QED) is 0.374. The Bertz CT molecular complexity index is 602. The molecule has 2 bridgehead atoms. The van der Waals surface area contributed by atoms with Gasteiger partial charge in [-0.1, -0.05) is 12.1 Å². The summed E-state index contributed by atoms with van der Waals surface area (Å²) in [5.41, 5.74) is 2.31. The number of nitrogens with zero attached hydrogens (tertiary/aromatic N) is 3. The predicted octanol–water partition coefficient (Wildman–Crippen LogP) is 1.68. The van der Waals surface area contributed by atoms with E-state index in [9.17, 15) is 0 Å². The van der Waals surface area contributed by atoms with Crippen molar-refractivity contribution in [2.24, 2.45) is 4.99 Å². The number of nitrogens with one attached hydrogen (secondary N) is 2. The molecule has 3 heterocycles. The molecule has 1 aromatic rings. The number of ether oxygens (including phenoxy) is 1. The lowest BCUT2D eigenvalue weighted by Crippen LogP contribution is -2.63. The van der Waals surface area contributed by atoms with Crippen molar-refractivity contribution < 1.29 is 4.74 Å². The normalized spacial score (nSPS) is 24.7. The van der Waals surface area contributed by atoms with Crippen molar-refractivity contribution >= 4 is 29.9 Å². The SMILES string of the molecule is CCNC(=NCc1ccc(C)cc1OC)NCC1CN2CCN1CC2.I. The maximum absolute atomic E-state index is 5.48. The van der Waals surface area contributed by atoms with Crippen molar-refractivity contribution in [3.8, 4) is 5.75 Å². The Hall–Kier alpha value is -1.06. The van der Waals surface area contributed by atoms with Crippen molar-refractivity contribution in [2.45, 2.75) is 26.4 Å². The number of rotatable bonds is 6. The van der Waals surface area contributed by atoms with Gasteiger partial charge in [-0.15, -0.1) is 24.0 Å². The average Bonchev–Trinajstić information content (AvgIpc) is 2.65. The molecule has 3 fully saturated rings.